The molecule has 0 atom stereocenters. The molecule has 0 aromatic heterocycles. The molecule has 1 heterocycles. The molecule has 1 saturated heterocycles. The summed E-state index contributed by atoms with van der Waals surface area (Å²) in [4.78, 5) is 13.4. The molecule has 3 rings (SSSR count). The Morgan fingerprint density at radius 1 is 1.08 bits per heavy atom. The first kappa shape index (κ1) is 16.5. The van der Waals surface area contributed by atoms with Crippen molar-refractivity contribution < 1.29 is 14.6 Å². The van der Waals surface area contributed by atoms with Crippen LogP contribution in [-0.2, 0) is 6.54 Å². The normalized spacial score (nSPS) is 16.0. The Morgan fingerprint density at radius 3 is 2.54 bits per heavy atom. The van der Waals surface area contributed by atoms with E-state index in [1.165, 1.54) is 0 Å². The maximum Gasteiger partial charge on any atom is 0.335 e. The van der Waals surface area contributed by atoms with E-state index in [4.69, 9.17) is 9.84 Å². The summed E-state index contributed by atoms with van der Waals surface area (Å²) in [6, 6.07) is 17.2. The minimum atomic E-state index is -0.867. The Morgan fingerprint density at radius 2 is 1.83 bits per heavy atom. The lowest BCUT2D eigenvalue weighted by Gasteiger charge is -2.31. The summed E-state index contributed by atoms with van der Waals surface area (Å²) in [6.45, 7) is 3.64. The van der Waals surface area contributed by atoms with Gasteiger partial charge in [-0.25, -0.2) is 4.79 Å². The van der Waals surface area contributed by atoms with Crippen molar-refractivity contribution in [1.82, 2.24) is 4.90 Å². The molecule has 1 aliphatic rings. The number of carboxylic acid groups (broad SMARTS) is 1. The molecule has 0 radical (unpaired) electrons. The molecular weight excluding hydrogens is 302 g/mol. The second kappa shape index (κ2) is 7.97. The molecule has 0 aliphatic carbocycles. The predicted molar refractivity (Wildman–Crippen MR) is 93.3 cm³/mol. The number of para-hydroxylation sites is 1. The van der Waals surface area contributed by atoms with Crippen molar-refractivity contribution in [2.45, 2.75) is 19.4 Å². The van der Waals surface area contributed by atoms with Crippen molar-refractivity contribution >= 4 is 5.97 Å². The molecule has 2 aromatic carbocycles. The molecule has 4 nitrogen and oxygen atoms in total. The van der Waals surface area contributed by atoms with Crippen LogP contribution in [0.5, 0.6) is 5.75 Å². The number of hydrogen-bond donors (Lipinski definition) is 1. The molecule has 1 N–H and O–H groups in total. The van der Waals surface area contributed by atoms with Crippen molar-refractivity contribution in [1.29, 1.82) is 0 Å². The van der Waals surface area contributed by atoms with Gasteiger partial charge < -0.3 is 9.84 Å². The third-order valence-corrected chi connectivity index (χ3v) is 4.52. The van der Waals surface area contributed by atoms with Crippen LogP contribution < -0.4 is 4.74 Å². The number of hydrogen-bond acceptors (Lipinski definition) is 3. The average Bonchev–Trinajstić information content (AvgIpc) is 2.62. The van der Waals surface area contributed by atoms with Crippen LogP contribution in [0.4, 0.5) is 0 Å². The third-order valence-electron chi connectivity index (χ3n) is 4.52. The summed E-state index contributed by atoms with van der Waals surface area (Å²) in [5, 5.41) is 9.08. The van der Waals surface area contributed by atoms with Crippen molar-refractivity contribution in [3.8, 4) is 5.75 Å². The van der Waals surface area contributed by atoms with Gasteiger partial charge in [0, 0.05) is 6.54 Å². The zero-order valence-electron chi connectivity index (χ0n) is 13.7. The van der Waals surface area contributed by atoms with Crippen molar-refractivity contribution in [2.24, 2.45) is 5.92 Å². The van der Waals surface area contributed by atoms with Crippen LogP contribution in [0.1, 0.15) is 28.8 Å². The molecule has 1 fully saturated rings. The summed E-state index contributed by atoms with van der Waals surface area (Å²) in [5.74, 6) is 0.658. The molecule has 0 bridgehead atoms. The van der Waals surface area contributed by atoms with Crippen LogP contribution in [0, 0.1) is 5.92 Å². The summed E-state index contributed by atoms with van der Waals surface area (Å²) in [5.41, 5.74) is 1.42. The molecule has 0 amide bonds. The van der Waals surface area contributed by atoms with Crippen LogP contribution >= 0.6 is 0 Å². The topological polar surface area (TPSA) is 49.8 Å². The van der Waals surface area contributed by atoms with Crippen LogP contribution in [0.25, 0.3) is 0 Å². The third kappa shape index (κ3) is 4.59. The summed E-state index contributed by atoms with van der Waals surface area (Å²) >= 11 is 0. The minimum Gasteiger partial charge on any atom is -0.493 e. The maximum atomic E-state index is 11.0. The lowest BCUT2D eigenvalue weighted by Crippen LogP contribution is -2.35. The lowest BCUT2D eigenvalue weighted by atomic mass is 9.97. The SMILES string of the molecule is O=C(O)c1cccc(CN2CCC(COc3ccccc3)CC2)c1. The van der Waals surface area contributed by atoms with Gasteiger partial charge in [0.05, 0.1) is 12.2 Å². The Kier molecular flexibility index (Phi) is 5.49. The van der Waals surface area contributed by atoms with Gasteiger partial charge in [-0.1, -0.05) is 30.3 Å². The zero-order valence-corrected chi connectivity index (χ0v) is 13.7. The van der Waals surface area contributed by atoms with Gasteiger partial charge in [-0.3, -0.25) is 4.90 Å². The summed E-state index contributed by atoms with van der Waals surface area (Å²) in [6.07, 6.45) is 2.23. The largest absolute Gasteiger partial charge is 0.493 e. The van der Waals surface area contributed by atoms with Gasteiger partial charge in [0.25, 0.3) is 0 Å². The molecule has 1 aliphatic heterocycles. The molecule has 0 saturated carbocycles. The van der Waals surface area contributed by atoms with E-state index in [0.29, 0.717) is 11.5 Å². The monoisotopic (exact) mass is 325 g/mol. The van der Waals surface area contributed by atoms with E-state index in [9.17, 15) is 4.79 Å². The van der Waals surface area contributed by atoms with Crippen LogP contribution in [0.15, 0.2) is 54.6 Å². The molecular formula is C20H23NO3. The predicted octanol–water partition coefficient (Wildman–Crippen LogP) is 3.68. The van der Waals surface area contributed by atoms with Crippen LogP contribution in [-0.4, -0.2) is 35.7 Å². The Hall–Kier alpha value is -2.33. The molecule has 2 aromatic rings. The highest BCUT2D eigenvalue weighted by atomic mass is 16.5. The van der Waals surface area contributed by atoms with E-state index < -0.39 is 5.97 Å². The van der Waals surface area contributed by atoms with Crippen molar-refractivity contribution in [2.75, 3.05) is 19.7 Å². The number of aromatic carboxylic acids is 1. The number of piperidine rings is 1. The van der Waals surface area contributed by atoms with Gasteiger partial charge in [0.15, 0.2) is 0 Å². The van der Waals surface area contributed by atoms with E-state index in [1.54, 1.807) is 12.1 Å². The van der Waals surface area contributed by atoms with Gasteiger partial charge in [0.1, 0.15) is 5.75 Å². The number of rotatable bonds is 6. The first-order chi connectivity index (χ1) is 11.7. The van der Waals surface area contributed by atoms with E-state index in [2.05, 4.69) is 4.90 Å². The Balaban J connectivity index is 1.45. The number of carbonyl (C=O) groups is 1. The first-order valence-electron chi connectivity index (χ1n) is 8.43. The number of ether oxygens (including phenoxy) is 1. The van der Waals surface area contributed by atoms with Gasteiger partial charge in [-0.2, -0.15) is 0 Å². The second-order valence-corrected chi connectivity index (χ2v) is 6.35. The van der Waals surface area contributed by atoms with Crippen LogP contribution in [0.2, 0.25) is 0 Å². The standard InChI is InChI=1S/C20H23NO3/c22-20(23)18-6-4-5-17(13-18)14-21-11-9-16(10-12-21)15-24-19-7-2-1-3-8-19/h1-8,13,16H,9-12,14-15H2,(H,22,23). The fraction of sp³-hybridized carbons (Fsp3) is 0.350. The van der Waals surface area contributed by atoms with E-state index in [1.807, 2.05) is 42.5 Å². The minimum absolute atomic E-state index is 0.360. The zero-order chi connectivity index (χ0) is 16.8. The van der Waals surface area contributed by atoms with E-state index in [-0.39, 0.29) is 0 Å². The fourth-order valence-corrected chi connectivity index (χ4v) is 3.10. The Labute approximate surface area is 142 Å². The molecule has 126 valence electrons. The molecule has 0 unspecified atom stereocenters. The highest BCUT2D eigenvalue weighted by Gasteiger charge is 2.20. The quantitative estimate of drug-likeness (QED) is 0.880. The van der Waals surface area contributed by atoms with E-state index >= 15 is 0 Å². The summed E-state index contributed by atoms with van der Waals surface area (Å²) < 4.78 is 5.86. The second-order valence-electron chi connectivity index (χ2n) is 6.35. The first-order valence-corrected chi connectivity index (χ1v) is 8.43. The van der Waals surface area contributed by atoms with Gasteiger partial charge >= 0.3 is 5.97 Å². The summed E-state index contributed by atoms with van der Waals surface area (Å²) in [7, 11) is 0. The maximum absolute atomic E-state index is 11.0. The van der Waals surface area contributed by atoms with Gasteiger partial charge in [0.2, 0.25) is 0 Å². The molecule has 4 heteroatoms. The Bertz CT molecular complexity index is 664. The average molecular weight is 325 g/mol. The molecule has 0 spiro atoms. The fourth-order valence-electron chi connectivity index (χ4n) is 3.10. The molecule has 24 heavy (non-hydrogen) atoms. The number of likely N-dealkylation sites (tertiary alicyclic amines) is 1. The van der Waals surface area contributed by atoms with Crippen LogP contribution in [0.3, 0.4) is 0 Å². The number of nitrogens with zero attached hydrogens (tertiary/aromatic N) is 1. The highest BCUT2D eigenvalue weighted by Crippen LogP contribution is 2.21. The van der Waals surface area contributed by atoms with E-state index in [0.717, 1.165) is 50.4 Å². The smallest absolute Gasteiger partial charge is 0.335 e. The van der Waals surface area contributed by atoms with Crippen molar-refractivity contribution in [3.63, 3.8) is 0 Å². The highest BCUT2D eigenvalue weighted by molar-refractivity contribution is 5.87. The number of carboxylic acids is 1. The number of benzene rings is 2. The van der Waals surface area contributed by atoms with Crippen molar-refractivity contribution in [3.05, 3.63) is 65.7 Å². The van der Waals surface area contributed by atoms with Gasteiger partial charge in [-0.15, -0.1) is 0 Å². The van der Waals surface area contributed by atoms with Gasteiger partial charge in [-0.05, 0) is 61.7 Å². The lowest BCUT2D eigenvalue weighted by molar-refractivity contribution is 0.0696.